The van der Waals surface area contributed by atoms with Crippen molar-refractivity contribution in [2.45, 2.75) is 25.4 Å². The summed E-state index contributed by atoms with van der Waals surface area (Å²) in [6, 6.07) is 4.50. The average molecular weight is 294 g/mol. The number of carbonyl (C=O) groups is 3. The lowest BCUT2D eigenvalue weighted by Gasteiger charge is -2.16. The van der Waals surface area contributed by atoms with Gasteiger partial charge in [0.05, 0.1) is 19.6 Å². The van der Waals surface area contributed by atoms with Crippen LogP contribution in [0.2, 0.25) is 0 Å². The number of anilines is 1. The first-order valence-corrected chi connectivity index (χ1v) is 6.31. The number of hydrogen-bond acceptors (Lipinski definition) is 6. The van der Waals surface area contributed by atoms with Gasteiger partial charge in [-0.15, -0.1) is 0 Å². The Kier molecular flexibility index (Phi) is 5.86. The zero-order valence-corrected chi connectivity index (χ0v) is 11.8. The van der Waals surface area contributed by atoms with Crippen LogP contribution in [-0.4, -0.2) is 42.0 Å². The summed E-state index contributed by atoms with van der Waals surface area (Å²) in [5.74, 6) is -2.09. The van der Waals surface area contributed by atoms with Crippen molar-refractivity contribution in [3.05, 3.63) is 29.8 Å². The number of aliphatic carboxylic acids is 1. The second-order valence-electron chi connectivity index (χ2n) is 4.50. The maximum Gasteiger partial charge on any atom is 0.325 e. The summed E-state index contributed by atoms with van der Waals surface area (Å²) in [7, 11) is 1.21. The molecule has 0 unspecified atom stereocenters. The van der Waals surface area contributed by atoms with Crippen LogP contribution in [-0.2, 0) is 14.3 Å². The highest BCUT2D eigenvalue weighted by molar-refractivity contribution is 6.06. The third-order valence-electron chi connectivity index (χ3n) is 2.89. The van der Waals surface area contributed by atoms with E-state index in [0.717, 1.165) is 0 Å². The van der Waals surface area contributed by atoms with Crippen LogP contribution in [0.3, 0.4) is 0 Å². The van der Waals surface area contributed by atoms with E-state index < -0.39 is 29.8 Å². The Morgan fingerprint density at radius 1 is 1.33 bits per heavy atom. The van der Waals surface area contributed by atoms with Gasteiger partial charge in [-0.05, 0) is 19.1 Å². The number of benzene rings is 1. The summed E-state index contributed by atoms with van der Waals surface area (Å²) in [6.45, 7) is 1.46. The SMILES string of the molecule is COC(=O)C[C@H](N)C(=O)c1ccccc1N[C@@H](C)C(=O)O. The van der Waals surface area contributed by atoms with Crippen molar-refractivity contribution in [2.75, 3.05) is 12.4 Å². The first-order valence-electron chi connectivity index (χ1n) is 6.31. The molecular weight excluding hydrogens is 276 g/mol. The zero-order valence-electron chi connectivity index (χ0n) is 11.8. The van der Waals surface area contributed by atoms with Crippen LogP contribution in [0.1, 0.15) is 23.7 Å². The molecule has 0 saturated heterocycles. The third kappa shape index (κ3) is 4.57. The predicted octanol–water partition coefficient (Wildman–Crippen LogP) is 0.645. The van der Waals surface area contributed by atoms with E-state index in [9.17, 15) is 14.4 Å². The molecule has 7 heteroatoms. The third-order valence-corrected chi connectivity index (χ3v) is 2.89. The van der Waals surface area contributed by atoms with Gasteiger partial charge in [0.25, 0.3) is 0 Å². The van der Waals surface area contributed by atoms with E-state index in [0.29, 0.717) is 5.69 Å². The number of nitrogens with one attached hydrogen (secondary N) is 1. The summed E-state index contributed by atoms with van der Waals surface area (Å²) in [5.41, 5.74) is 6.29. The topological polar surface area (TPSA) is 119 Å². The van der Waals surface area contributed by atoms with E-state index in [-0.39, 0.29) is 12.0 Å². The Labute approximate surface area is 122 Å². The minimum atomic E-state index is -1.05. The Bertz CT molecular complexity index is 544. The van der Waals surface area contributed by atoms with Crippen molar-refractivity contribution in [2.24, 2.45) is 5.73 Å². The molecular formula is C14H18N2O5. The van der Waals surface area contributed by atoms with Gasteiger partial charge in [-0.1, -0.05) is 12.1 Å². The van der Waals surface area contributed by atoms with Crippen LogP contribution in [0.5, 0.6) is 0 Å². The standard InChI is InChI=1S/C14H18N2O5/c1-8(14(19)20)16-11-6-4-3-5-9(11)13(18)10(15)7-12(17)21-2/h3-6,8,10,16H,7,15H2,1-2H3,(H,19,20)/t8-,10-/m0/s1. The van der Waals surface area contributed by atoms with Gasteiger partial charge in [-0.2, -0.15) is 0 Å². The Morgan fingerprint density at radius 3 is 2.52 bits per heavy atom. The number of Topliss-reactive ketones (excluding diaryl/α,β-unsaturated/α-hetero) is 1. The van der Waals surface area contributed by atoms with Gasteiger partial charge < -0.3 is 20.9 Å². The molecule has 4 N–H and O–H groups in total. The first-order chi connectivity index (χ1) is 9.86. The molecule has 0 bridgehead atoms. The van der Waals surface area contributed by atoms with E-state index in [4.69, 9.17) is 10.8 Å². The smallest absolute Gasteiger partial charge is 0.325 e. The lowest BCUT2D eigenvalue weighted by Crippen LogP contribution is -2.34. The lowest BCUT2D eigenvalue weighted by molar-refractivity contribution is -0.141. The van der Waals surface area contributed by atoms with Crippen molar-refractivity contribution in [1.82, 2.24) is 0 Å². The molecule has 0 radical (unpaired) electrons. The van der Waals surface area contributed by atoms with Crippen LogP contribution in [0.4, 0.5) is 5.69 Å². The highest BCUT2D eigenvalue weighted by Crippen LogP contribution is 2.18. The van der Waals surface area contributed by atoms with Crippen molar-refractivity contribution in [3.8, 4) is 0 Å². The van der Waals surface area contributed by atoms with E-state index >= 15 is 0 Å². The van der Waals surface area contributed by atoms with E-state index in [1.54, 1.807) is 18.2 Å². The first kappa shape index (κ1) is 16.6. The number of hydrogen-bond donors (Lipinski definition) is 3. The fourth-order valence-electron chi connectivity index (χ4n) is 1.67. The van der Waals surface area contributed by atoms with Crippen molar-refractivity contribution >= 4 is 23.4 Å². The van der Waals surface area contributed by atoms with Crippen LogP contribution >= 0.6 is 0 Å². The molecule has 0 spiro atoms. The van der Waals surface area contributed by atoms with E-state index in [1.807, 2.05) is 0 Å². The molecule has 1 aromatic carbocycles. The number of esters is 1. The van der Waals surface area contributed by atoms with Gasteiger partial charge >= 0.3 is 11.9 Å². The number of rotatable bonds is 7. The molecule has 1 aromatic rings. The van der Waals surface area contributed by atoms with Crippen molar-refractivity contribution in [1.29, 1.82) is 0 Å². The van der Waals surface area contributed by atoms with Crippen LogP contribution in [0, 0.1) is 0 Å². The summed E-state index contributed by atoms with van der Waals surface area (Å²) in [5, 5.41) is 11.6. The zero-order chi connectivity index (χ0) is 16.0. The van der Waals surface area contributed by atoms with Crippen LogP contribution < -0.4 is 11.1 Å². The lowest BCUT2D eigenvalue weighted by atomic mass is 10.0. The molecule has 114 valence electrons. The summed E-state index contributed by atoms with van der Waals surface area (Å²) in [6.07, 6.45) is -0.238. The maximum atomic E-state index is 12.2. The molecule has 2 atom stereocenters. The second kappa shape index (κ2) is 7.39. The number of para-hydroxylation sites is 1. The molecule has 1 rings (SSSR count). The molecule has 0 saturated carbocycles. The Balaban J connectivity index is 2.94. The molecule has 0 heterocycles. The summed E-state index contributed by atoms with van der Waals surface area (Å²) in [4.78, 5) is 34.3. The summed E-state index contributed by atoms with van der Waals surface area (Å²) >= 11 is 0. The van der Waals surface area contributed by atoms with Gasteiger partial charge in [0.2, 0.25) is 0 Å². The molecule has 0 aliphatic carbocycles. The average Bonchev–Trinajstić information content (AvgIpc) is 2.46. The highest BCUT2D eigenvalue weighted by Gasteiger charge is 2.23. The molecule has 21 heavy (non-hydrogen) atoms. The normalized spacial score (nSPS) is 13.1. The molecule has 0 aliphatic heterocycles. The molecule has 0 aromatic heterocycles. The highest BCUT2D eigenvalue weighted by atomic mass is 16.5. The number of methoxy groups -OCH3 is 1. The van der Waals surface area contributed by atoms with E-state index in [1.165, 1.54) is 20.1 Å². The minimum absolute atomic E-state index is 0.238. The number of carbonyl (C=O) groups excluding carboxylic acids is 2. The monoisotopic (exact) mass is 294 g/mol. The Hall–Kier alpha value is -2.41. The number of carboxylic acid groups (broad SMARTS) is 1. The van der Waals surface area contributed by atoms with Gasteiger partial charge in [0.1, 0.15) is 6.04 Å². The molecule has 0 amide bonds. The fraction of sp³-hybridized carbons (Fsp3) is 0.357. The summed E-state index contributed by atoms with van der Waals surface area (Å²) < 4.78 is 4.47. The van der Waals surface area contributed by atoms with Crippen LogP contribution in [0.25, 0.3) is 0 Å². The van der Waals surface area contributed by atoms with Crippen molar-refractivity contribution < 1.29 is 24.2 Å². The molecule has 7 nitrogen and oxygen atoms in total. The van der Waals surface area contributed by atoms with Crippen molar-refractivity contribution in [3.63, 3.8) is 0 Å². The number of nitrogens with two attached hydrogens (primary N) is 1. The molecule has 0 aliphatic rings. The minimum Gasteiger partial charge on any atom is -0.480 e. The Morgan fingerprint density at radius 2 is 1.95 bits per heavy atom. The quantitative estimate of drug-likeness (QED) is 0.499. The van der Waals surface area contributed by atoms with Gasteiger partial charge in [-0.3, -0.25) is 14.4 Å². The van der Waals surface area contributed by atoms with Crippen LogP contribution in [0.15, 0.2) is 24.3 Å². The van der Waals surface area contributed by atoms with E-state index in [2.05, 4.69) is 10.1 Å². The predicted molar refractivity (Wildman–Crippen MR) is 76.1 cm³/mol. The number of ketones is 1. The molecule has 0 fully saturated rings. The van der Waals surface area contributed by atoms with Gasteiger partial charge in [0.15, 0.2) is 5.78 Å². The van der Waals surface area contributed by atoms with Gasteiger partial charge in [0, 0.05) is 11.3 Å². The largest absolute Gasteiger partial charge is 0.480 e. The maximum absolute atomic E-state index is 12.2. The number of ether oxygens (including phenoxy) is 1. The fourth-order valence-corrected chi connectivity index (χ4v) is 1.67. The van der Waals surface area contributed by atoms with Gasteiger partial charge in [-0.25, -0.2) is 0 Å². The number of carboxylic acids is 1. The second-order valence-corrected chi connectivity index (χ2v) is 4.50.